The van der Waals surface area contributed by atoms with Gasteiger partial charge in [0.05, 0.1) is 19.3 Å². The molecule has 26 heavy (non-hydrogen) atoms. The fourth-order valence-electron chi connectivity index (χ4n) is 3.29. The van der Waals surface area contributed by atoms with Gasteiger partial charge in [-0.2, -0.15) is 0 Å². The first kappa shape index (κ1) is 17.0. The lowest BCUT2D eigenvalue weighted by Gasteiger charge is -2.17. The molecule has 0 aliphatic carbocycles. The van der Waals surface area contributed by atoms with Crippen LogP contribution in [0.4, 0.5) is 0 Å². The summed E-state index contributed by atoms with van der Waals surface area (Å²) in [6.45, 7) is 1.04. The second-order valence-corrected chi connectivity index (χ2v) is 6.54. The van der Waals surface area contributed by atoms with Crippen LogP contribution in [0, 0.1) is 0 Å². The topological polar surface area (TPSA) is 77.0 Å². The Morgan fingerprint density at radius 1 is 1.04 bits per heavy atom. The molecule has 4 atom stereocenters. The molecule has 6 nitrogen and oxygen atoms in total. The minimum atomic E-state index is -0.620. The summed E-state index contributed by atoms with van der Waals surface area (Å²) in [5.41, 5.74) is 1.55. The number of hydrogen-bond donors (Lipinski definition) is 2. The number of carbonyl (C=O) groups excluding carboxylic acids is 1. The highest BCUT2D eigenvalue weighted by molar-refractivity contribution is 5.94. The summed E-state index contributed by atoms with van der Waals surface area (Å²) >= 11 is 0. The van der Waals surface area contributed by atoms with E-state index in [1.54, 1.807) is 12.1 Å². The van der Waals surface area contributed by atoms with Gasteiger partial charge < -0.3 is 24.6 Å². The van der Waals surface area contributed by atoms with Crippen molar-refractivity contribution in [3.8, 4) is 5.75 Å². The Kier molecular flexibility index (Phi) is 4.88. The van der Waals surface area contributed by atoms with Gasteiger partial charge in [0.25, 0.3) is 5.91 Å². The van der Waals surface area contributed by atoms with Crippen molar-refractivity contribution in [3.63, 3.8) is 0 Å². The Morgan fingerprint density at radius 2 is 1.77 bits per heavy atom. The molecule has 0 saturated carbocycles. The first-order chi connectivity index (χ1) is 12.7. The van der Waals surface area contributed by atoms with E-state index in [0.717, 1.165) is 11.3 Å². The van der Waals surface area contributed by atoms with Crippen molar-refractivity contribution >= 4 is 5.91 Å². The van der Waals surface area contributed by atoms with Gasteiger partial charge in [0.1, 0.15) is 30.7 Å². The normalized spacial score (nSPS) is 27.1. The molecule has 2 aliphatic heterocycles. The van der Waals surface area contributed by atoms with Crippen LogP contribution in [0.1, 0.15) is 15.9 Å². The number of ether oxygens (including phenoxy) is 3. The van der Waals surface area contributed by atoms with E-state index in [0.29, 0.717) is 18.8 Å². The summed E-state index contributed by atoms with van der Waals surface area (Å²) in [5, 5.41) is 12.7. The zero-order chi connectivity index (χ0) is 17.9. The molecule has 2 fully saturated rings. The summed E-state index contributed by atoms with van der Waals surface area (Å²) in [7, 11) is 0. The predicted molar refractivity (Wildman–Crippen MR) is 94.0 cm³/mol. The monoisotopic (exact) mass is 355 g/mol. The molecule has 0 bridgehead atoms. The smallest absolute Gasteiger partial charge is 0.251 e. The van der Waals surface area contributed by atoms with Gasteiger partial charge in [-0.25, -0.2) is 0 Å². The highest BCUT2D eigenvalue weighted by Crippen LogP contribution is 2.27. The molecule has 136 valence electrons. The number of rotatable bonds is 5. The number of carbonyl (C=O) groups is 1. The quantitative estimate of drug-likeness (QED) is 0.850. The van der Waals surface area contributed by atoms with Gasteiger partial charge in [0.2, 0.25) is 0 Å². The molecular formula is C20H21NO5. The lowest BCUT2D eigenvalue weighted by atomic mass is 10.1. The number of nitrogens with one attached hydrogen (secondary N) is 1. The third-order valence-electron chi connectivity index (χ3n) is 4.71. The van der Waals surface area contributed by atoms with Crippen molar-refractivity contribution in [3.05, 3.63) is 65.7 Å². The number of hydrogen-bond acceptors (Lipinski definition) is 5. The van der Waals surface area contributed by atoms with Crippen LogP contribution in [0.15, 0.2) is 54.6 Å². The Balaban J connectivity index is 1.32. The summed E-state index contributed by atoms with van der Waals surface area (Å²) in [6.07, 6.45) is -1.25. The number of aliphatic hydroxyl groups is 1. The first-order valence-corrected chi connectivity index (χ1v) is 8.69. The highest BCUT2D eigenvalue weighted by atomic mass is 16.6. The molecule has 1 amide bonds. The van der Waals surface area contributed by atoms with Crippen LogP contribution < -0.4 is 10.1 Å². The van der Waals surface area contributed by atoms with Crippen LogP contribution in [-0.2, 0) is 16.1 Å². The molecule has 0 radical (unpaired) electrons. The van der Waals surface area contributed by atoms with Crippen molar-refractivity contribution in [1.29, 1.82) is 0 Å². The highest BCUT2D eigenvalue weighted by Gasteiger charge is 2.47. The molecule has 2 saturated heterocycles. The van der Waals surface area contributed by atoms with Crippen molar-refractivity contribution in [2.24, 2.45) is 0 Å². The number of benzene rings is 2. The fraction of sp³-hybridized carbons (Fsp3) is 0.350. The van der Waals surface area contributed by atoms with E-state index in [1.165, 1.54) is 0 Å². The van der Waals surface area contributed by atoms with Gasteiger partial charge in [0, 0.05) is 5.56 Å². The van der Waals surface area contributed by atoms with E-state index in [9.17, 15) is 9.90 Å². The summed E-state index contributed by atoms with van der Waals surface area (Å²) in [4.78, 5) is 12.4. The predicted octanol–water partition coefficient (Wildman–Crippen LogP) is 1.52. The second kappa shape index (κ2) is 7.45. The zero-order valence-electron chi connectivity index (χ0n) is 14.2. The molecule has 4 rings (SSSR count). The number of amides is 1. The molecule has 0 unspecified atom stereocenters. The van der Waals surface area contributed by atoms with Crippen molar-refractivity contribution in [2.45, 2.75) is 31.0 Å². The van der Waals surface area contributed by atoms with Crippen LogP contribution >= 0.6 is 0 Å². The van der Waals surface area contributed by atoms with Gasteiger partial charge in [-0.15, -0.1) is 0 Å². The maximum Gasteiger partial charge on any atom is 0.251 e. The van der Waals surface area contributed by atoms with E-state index in [4.69, 9.17) is 14.2 Å². The average Bonchev–Trinajstić information content (AvgIpc) is 3.25. The molecule has 2 heterocycles. The lowest BCUT2D eigenvalue weighted by Crippen LogP contribution is -2.44. The molecule has 2 N–H and O–H groups in total. The van der Waals surface area contributed by atoms with Crippen LogP contribution in [0.3, 0.4) is 0 Å². The maximum atomic E-state index is 12.4. The molecule has 0 aromatic heterocycles. The zero-order valence-corrected chi connectivity index (χ0v) is 14.2. The third kappa shape index (κ3) is 3.58. The minimum absolute atomic E-state index is 0.181. The van der Waals surface area contributed by atoms with E-state index < -0.39 is 6.10 Å². The van der Waals surface area contributed by atoms with Crippen molar-refractivity contribution in [1.82, 2.24) is 5.32 Å². The average molecular weight is 355 g/mol. The third-order valence-corrected chi connectivity index (χ3v) is 4.71. The Labute approximate surface area is 151 Å². The number of para-hydroxylation sites is 1. The Bertz CT molecular complexity index is 749. The molecular weight excluding hydrogens is 334 g/mol. The summed E-state index contributed by atoms with van der Waals surface area (Å²) in [6, 6.07) is 16.7. The molecule has 2 aromatic carbocycles. The molecule has 6 heteroatoms. The first-order valence-electron chi connectivity index (χ1n) is 8.69. The standard InChI is InChI=1S/C20H21NO5/c22-17-12-26-18-16(11-25-19(17)18)21-20(23)14-8-6-13(7-9-14)10-24-15-4-2-1-3-5-15/h1-9,16-19,22H,10-12H2,(H,21,23)/t16-,17+,18+,19+/m0/s1. The van der Waals surface area contributed by atoms with Gasteiger partial charge in [0.15, 0.2) is 0 Å². The Morgan fingerprint density at radius 3 is 2.54 bits per heavy atom. The van der Waals surface area contributed by atoms with Crippen LogP contribution in [0.5, 0.6) is 5.75 Å². The summed E-state index contributed by atoms with van der Waals surface area (Å²) in [5.74, 6) is 0.628. The van der Waals surface area contributed by atoms with Crippen LogP contribution in [0.2, 0.25) is 0 Å². The van der Waals surface area contributed by atoms with Gasteiger partial charge in [-0.1, -0.05) is 30.3 Å². The second-order valence-electron chi connectivity index (χ2n) is 6.54. The largest absolute Gasteiger partial charge is 0.489 e. The van der Waals surface area contributed by atoms with Crippen LogP contribution in [0.25, 0.3) is 0 Å². The van der Waals surface area contributed by atoms with Gasteiger partial charge in [-0.3, -0.25) is 4.79 Å². The van der Waals surface area contributed by atoms with E-state index >= 15 is 0 Å². The lowest BCUT2D eigenvalue weighted by molar-refractivity contribution is 0.0178. The van der Waals surface area contributed by atoms with Gasteiger partial charge in [-0.05, 0) is 29.8 Å². The molecule has 0 spiro atoms. The summed E-state index contributed by atoms with van der Waals surface area (Å²) < 4.78 is 16.8. The molecule has 2 aromatic rings. The van der Waals surface area contributed by atoms with E-state index in [-0.39, 0.29) is 30.8 Å². The fourth-order valence-corrected chi connectivity index (χ4v) is 3.29. The van der Waals surface area contributed by atoms with Crippen LogP contribution in [-0.4, -0.2) is 48.6 Å². The van der Waals surface area contributed by atoms with Gasteiger partial charge >= 0.3 is 0 Å². The number of aliphatic hydroxyl groups excluding tert-OH is 1. The Hall–Kier alpha value is -2.41. The molecule has 2 aliphatic rings. The van der Waals surface area contributed by atoms with Crippen molar-refractivity contribution in [2.75, 3.05) is 13.2 Å². The van der Waals surface area contributed by atoms with E-state index in [2.05, 4.69) is 5.32 Å². The van der Waals surface area contributed by atoms with E-state index in [1.807, 2.05) is 42.5 Å². The maximum absolute atomic E-state index is 12.4. The SMILES string of the molecule is O=C(N[C@H]1CO[C@H]2[C@@H]1OC[C@H]2O)c1ccc(COc2ccccc2)cc1. The number of fused-ring (bicyclic) bond motifs is 1. The minimum Gasteiger partial charge on any atom is -0.489 e. The van der Waals surface area contributed by atoms with Crippen molar-refractivity contribution < 1.29 is 24.1 Å².